The quantitative estimate of drug-likeness (QED) is 0.766. The van der Waals surface area contributed by atoms with Gasteiger partial charge in [0.2, 0.25) is 0 Å². The summed E-state index contributed by atoms with van der Waals surface area (Å²) in [5.41, 5.74) is 0.567. The molecule has 4 nitrogen and oxygen atoms in total. The zero-order valence-electron chi connectivity index (χ0n) is 15.6. The van der Waals surface area contributed by atoms with Crippen LogP contribution in [0.2, 0.25) is 0 Å². The Balaban J connectivity index is 1.72. The number of carbonyl (C=O) groups is 1. The van der Waals surface area contributed by atoms with Gasteiger partial charge in [-0.15, -0.1) is 0 Å². The lowest BCUT2D eigenvalue weighted by molar-refractivity contribution is -0.137. The number of alkyl halides is 3. The number of halogens is 3. The molecule has 0 bridgehead atoms. The Morgan fingerprint density at radius 3 is 2.44 bits per heavy atom. The highest BCUT2D eigenvalue weighted by Gasteiger charge is 2.33. The Kier molecular flexibility index (Phi) is 5.06. The average molecular weight is 380 g/mol. The summed E-state index contributed by atoms with van der Waals surface area (Å²) in [7, 11) is 0. The number of hydrogen-bond acceptors (Lipinski definition) is 4. The van der Waals surface area contributed by atoms with Crippen molar-refractivity contribution in [2.24, 2.45) is 0 Å². The molecule has 1 saturated heterocycles. The molecular weight excluding hydrogens is 357 g/mol. The molecule has 2 aromatic rings. The lowest BCUT2D eigenvalue weighted by Gasteiger charge is -2.26. The van der Waals surface area contributed by atoms with Crippen LogP contribution in [0.5, 0.6) is 0 Å². The van der Waals surface area contributed by atoms with E-state index in [1.807, 2.05) is 25.7 Å². The molecule has 1 aromatic carbocycles. The summed E-state index contributed by atoms with van der Waals surface area (Å²) >= 11 is 0. The molecule has 27 heavy (non-hydrogen) atoms. The van der Waals surface area contributed by atoms with Crippen molar-refractivity contribution < 1.29 is 22.5 Å². The first-order valence-corrected chi connectivity index (χ1v) is 8.98. The molecule has 7 heteroatoms. The van der Waals surface area contributed by atoms with Crippen LogP contribution in [0.1, 0.15) is 50.6 Å². The monoisotopic (exact) mass is 380 g/mol. The molecule has 0 N–H and O–H groups in total. The van der Waals surface area contributed by atoms with Gasteiger partial charge in [-0.05, 0) is 37.1 Å². The van der Waals surface area contributed by atoms with Gasteiger partial charge in [0, 0.05) is 23.7 Å². The van der Waals surface area contributed by atoms with Gasteiger partial charge in [-0.1, -0.05) is 25.9 Å². The van der Waals surface area contributed by atoms with E-state index >= 15 is 0 Å². The highest BCUT2D eigenvalue weighted by molar-refractivity contribution is 5.89. The summed E-state index contributed by atoms with van der Waals surface area (Å²) in [6, 6.07) is 6.42. The van der Waals surface area contributed by atoms with Crippen molar-refractivity contribution >= 4 is 11.5 Å². The van der Waals surface area contributed by atoms with Crippen molar-refractivity contribution in [2.45, 2.75) is 57.7 Å². The third-order valence-electron chi connectivity index (χ3n) is 4.83. The van der Waals surface area contributed by atoms with Crippen LogP contribution in [0.3, 0.4) is 0 Å². The minimum Gasteiger partial charge on any atom is -0.361 e. The van der Waals surface area contributed by atoms with Crippen molar-refractivity contribution in [1.82, 2.24) is 5.16 Å². The molecule has 0 spiro atoms. The van der Waals surface area contributed by atoms with Crippen LogP contribution in [0.4, 0.5) is 18.9 Å². The summed E-state index contributed by atoms with van der Waals surface area (Å²) in [6.45, 7) is 6.69. The number of rotatable bonds is 4. The van der Waals surface area contributed by atoms with Crippen LogP contribution in [0.25, 0.3) is 0 Å². The zero-order chi connectivity index (χ0) is 19.8. The van der Waals surface area contributed by atoms with E-state index in [0.29, 0.717) is 24.4 Å². The van der Waals surface area contributed by atoms with Gasteiger partial charge < -0.3 is 9.42 Å². The van der Waals surface area contributed by atoms with Gasteiger partial charge >= 0.3 is 6.18 Å². The van der Waals surface area contributed by atoms with Crippen molar-refractivity contribution in [3.05, 3.63) is 47.3 Å². The number of aromatic nitrogens is 1. The van der Waals surface area contributed by atoms with E-state index in [1.165, 1.54) is 12.1 Å². The summed E-state index contributed by atoms with van der Waals surface area (Å²) in [4.78, 5) is 14.7. The van der Waals surface area contributed by atoms with E-state index in [9.17, 15) is 18.0 Å². The molecule has 0 amide bonds. The summed E-state index contributed by atoms with van der Waals surface area (Å²) in [5.74, 6) is 0.508. The Morgan fingerprint density at radius 2 is 1.89 bits per heavy atom. The fraction of sp³-hybridized carbons (Fsp3) is 0.500. The van der Waals surface area contributed by atoms with Crippen molar-refractivity contribution in [3.63, 3.8) is 0 Å². The van der Waals surface area contributed by atoms with Gasteiger partial charge in [0.25, 0.3) is 0 Å². The number of anilines is 1. The van der Waals surface area contributed by atoms with Gasteiger partial charge in [0.1, 0.15) is 5.76 Å². The topological polar surface area (TPSA) is 46.3 Å². The molecule has 0 unspecified atom stereocenters. The van der Waals surface area contributed by atoms with Crippen molar-refractivity contribution in [3.8, 4) is 0 Å². The molecule has 0 radical (unpaired) electrons. The second-order valence-corrected chi connectivity index (χ2v) is 7.97. The fourth-order valence-electron chi connectivity index (χ4n) is 3.29. The van der Waals surface area contributed by atoms with E-state index in [-0.39, 0.29) is 23.7 Å². The van der Waals surface area contributed by atoms with E-state index in [0.717, 1.165) is 24.2 Å². The fourth-order valence-corrected chi connectivity index (χ4v) is 3.29. The van der Waals surface area contributed by atoms with Gasteiger partial charge in [-0.2, -0.15) is 13.2 Å². The lowest BCUT2D eigenvalue weighted by Crippen LogP contribution is -2.37. The SMILES string of the molecule is CC(C)(C)c1cc(CC(=O)[C@@H]2CCCN2c2ccc(C(F)(F)F)cc2)on1. The first-order valence-electron chi connectivity index (χ1n) is 8.98. The number of nitrogens with zero attached hydrogens (tertiary/aromatic N) is 2. The second kappa shape index (κ2) is 7.02. The Labute approximate surface area is 156 Å². The molecule has 1 fully saturated rings. The predicted octanol–water partition coefficient (Wildman–Crippen LogP) is 4.77. The van der Waals surface area contributed by atoms with Crippen LogP contribution in [0.15, 0.2) is 34.9 Å². The van der Waals surface area contributed by atoms with Crippen LogP contribution in [0, 0.1) is 0 Å². The van der Waals surface area contributed by atoms with Gasteiger partial charge in [-0.3, -0.25) is 4.79 Å². The molecular formula is C20H23F3N2O2. The maximum absolute atomic E-state index is 12.8. The molecule has 2 heterocycles. The number of carbonyl (C=O) groups excluding carboxylic acids is 1. The summed E-state index contributed by atoms with van der Waals surface area (Å²) < 4.78 is 43.5. The minimum absolute atomic E-state index is 0.0102. The number of ketones is 1. The first-order chi connectivity index (χ1) is 12.6. The van der Waals surface area contributed by atoms with Crippen LogP contribution in [-0.4, -0.2) is 23.5 Å². The summed E-state index contributed by atoms with van der Waals surface area (Å²) in [5, 5.41) is 4.03. The molecule has 3 rings (SSSR count). The Bertz CT molecular complexity index is 804. The number of hydrogen-bond donors (Lipinski definition) is 0. The third kappa shape index (κ3) is 4.34. The summed E-state index contributed by atoms with van der Waals surface area (Å²) in [6.07, 6.45) is -2.73. The first kappa shape index (κ1) is 19.5. The maximum atomic E-state index is 12.8. The smallest absolute Gasteiger partial charge is 0.361 e. The van der Waals surface area contributed by atoms with Crippen molar-refractivity contribution in [1.29, 1.82) is 0 Å². The molecule has 0 aliphatic carbocycles. The molecule has 1 aliphatic heterocycles. The normalized spacial score (nSPS) is 18.1. The van der Waals surface area contributed by atoms with E-state index in [1.54, 1.807) is 6.07 Å². The molecule has 1 aromatic heterocycles. The standard InChI is InChI=1S/C20H23F3N2O2/c1-19(2,3)18-12-15(27-24-18)11-17(26)16-5-4-10-25(16)14-8-6-13(7-9-14)20(21,22)23/h6-9,12,16H,4-5,10-11H2,1-3H3/t16-/m0/s1. The van der Waals surface area contributed by atoms with Crippen LogP contribution < -0.4 is 4.90 Å². The highest BCUT2D eigenvalue weighted by atomic mass is 19.4. The maximum Gasteiger partial charge on any atom is 0.416 e. The number of benzene rings is 1. The largest absolute Gasteiger partial charge is 0.416 e. The number of Topliss-reactive ketones (excluding diaryl/α,β-unsaturated/α-hetero) is 1. The van der Waals surface area contributed by atoms with E-state index in [2.05, 4.69) is 5.16 Å². The predicted molar refractivity (Wildman–Crippen MR) is 95.7 cm³/mol. The van der Waals surface area contributed by atoms with Crippen LogP contribution in [-0.2, 0) is 22.8 Å². The minimum atomic E-state index is -4.37. The van der Waals surface area contributed by atoms with Gasteiger partial charge in [0.15, 0.2) is 5.78 Å². The molecule has 146 valence electrons. The Hall–Kier alpha value is -2.31. The Morgan fingerprint density at radius 1 is 1.22 bits per heavy atom. The van der Waals surface area contributed by atoms with E-state index < -0.39 is 11.7 Å². The van der Waals surface area contributed by atoms with Gasteiger partial charge in [-0.25, -0.2) is 0 Å². The highest BCUT2D eigenvalue weighted by Crippen LogP contribution is 2.33. The second-order valence-electron chi connectivity index (χ2n) is 7.97. The third-order valence-corrected chi connectivity index (χ3v) is 4.83. The molecule has 1 aliphatic rings. The van der Waals surface area contributed by atoms with Gasteiger partial charge in [0.05, 0.1) is 23.7 Å². The average Bonchev–Trinajstić information content (AvgIpc) is 3.22. The van der Waals surface area contributed by atoms with Crippen molar-refractivity contribution in [2.75, 3.05) is 11.4 Å². The lowest BCUT2D eigenvalue weighted by atomic mass is 9.92. The zero-order valence-corrected chi connectivity index (χ0v) is 15.6. The molecule has 0 saturated carbocycles. The van der Waals surface area contributed by atoms with E-state index in [4.69, 9.17) is 4.52 Å². The van der Waals surface area contributed by atoms with Crippen LogP contribution >= 0.6 is 0 Å². The molecule has 1 atom stereocenters.